The average molecular weight is 240 g/mol. The lowest BCUT2D eigenvalue weighted by atomic mass is 10.0. The summed E-state index contributed by atoms with van der Waals surface area (Å²) >= 11 is 0. The van der Waals surface area contributed by atoms with Crippen molar-refractivity contribution in [3.63, 3.8) is 0 Å². The molecule has 0 aliphatic heterocycles. The number of hydrogen-bond donors (Lipinski definition) is 2. The first-order valence-corrected chi connectivity index (χ1v) is 5.40. The van der Waals surface area contributed by atoms with Crippen molar-refractivity contribution in [2.24, 2.45) is 0 Å². The quantitative estimate of drug-likeness (QED) is 0.491. The van der Waals surface area contributed by atoms with E-state index in [0.29, 0.717) is 11.3 Å². The Bertz CT molecular complexity index is 603. The van der Waals surface area contributed by atoms with E-state index in [1.54, 1.807) is 12.1 Å². The maximum absolute atomic E-state index is 8.95. The summed E-state index contributed by atoms with van der Waals surface area (Å²) in [7, 11) is 0. The highest BCUT2D eigenvalue weighted by atomic mass is 17.1. The highest BCUT2D eigenvalue weighted by Gasteiger charge is 2.03. The summed E-state index contributed by atoms with van der Waals surface area (Å²) in [6.07, 6.45) is 0. The predicted molar refractivity (Wildman–Crippen MR) is 68.4 cm³/mol. The number of nitriles is 1. The zero-order valence-electron chi connectivity index (χ0n) is 9.63. The second-order valence-electron chi connectivity index (χ2n) is 3.89. The van der Waals surface area contributed by atoms with Gasteiger partial charge in [0.2, 0.25) is 0 Å². The normalized spacial score (nSPS) is 10.0. The molecule has 0 aliphatic carbocycles. The van der Waals surface area contributed by atoms with Crippen molar-refractivity contribution in [2.45, 2.75) is 6.61 Å². The van der Waals surface area contributed by atoms with Gasteiger partial charge in [-0.1, -0.05) is 24.3 Å². The van der Waals surface area contributed by atoms with Gasteiger partial charge in [0.25, 0.3) is 0 Å². The van der Waals surface area contributed by atoms with E-state index in [0.717, 1.165) is 16.7 Å². The fourth-order valence-electron chi connectivity index (χ4n) is 1.75. The van der Waals surface area contributed by atoms with Gasteiger partial charge in [-0.15, -0.1) is 0 Å². The number of nitrogen functional groups attached to an aromatic ring is 1. The molecule has 18 heavy (non-hydrogen) atoms. The summed E-state index contributed by atoms with van der Waals surface area (Å²) < 4.78 is 0. The standard InChI is InChI=1S/C14H12N2O2/c15-8-13-7-12(4-5-14(13)16)11-3-1-2-10(6-11)9-18-17/h1-7,17H,9,16H2. The summed E-state index contributed by atoms with van der Waals surface area (Å²) in [6.45, 7) is 0.133. The van der Waals surface area contributed by atoms with Crippen LogP contribution in [0.25, 0.3) is 11.1 Å². The molecule has 3 N–H and O–H groups in total. The first kappa shape index (κ1) is 12.1. The molecule has 2 aromatic rings. The summed E-state index contributed by atoms with van der Waals surface area (Å²) in [5, 5.41) is 17.4. The Morgan fingerprint density at radius 3 is 2.67 bits per heavy atom. The molecule has 0 atom stereocenters. The Morgan fingerprint density at radius 1 is 1.17 bits per heavy atom. The fraction of sp³-hybridized carbons (Fsp3) is 0.0714. The molecule has 0 unspecified atom stereocenters. The van der Waals surface area contributed by atoms with Gasteiger partial charge in [-0.05, 0) is 34.9 Å². The maximum Gasteiger partial charge on any atom is 0.107 e. The highest BCUT2D eigenvalue weighted by molar-refractivity contribution is 5.70. The largest absolute Gasteiger partial charge is 0.398 e. The molecule has 4 heteroatoms. The van der Waals surface area contributed by atoms with Gasteiger partial charge < -0.3 is 5.73 Å². The van der Waals surface area contributed by atoms with Crippen molar-refractivity contribution in [1.29, 1.82) is 5.26 Å². The Balaban J connectivity index is 2.42. The molecular formula is C14H12N2O2. The van der Waals surface area contributed by atoms with Gasteiger partial charge in [0.1, 0.15) is 12.7 Å². The Labute approximate surface area is 105 Å². The number of nitrogens with two attached hydrogens (primary N) is 1. The minimum absolute atomic E-state index is 0.133. The second-order valence-corrected chi connectivity index (χ2v) is 3.89. The van der Waals surface area contributed by atoms with Gasteiger partial charge in [-0.3, -0.25) is 5.26 Å². The molecule has 0 heterocycles. The van der Waals surface area contributed by atoms with Crippen LogP contribution in [0.2, 0.25) is 0 Å². The van der Waals surface area contributed by atoms with Crippen molar-refractivity contribution in [2.75, 3.05) is 5.73 Å². The molecule has 4 nitrogen and oxygen atoms in total. The molecule has 2 aromatic carbocycles. The maximum atomic E-state index is 8.95. The second kappa shape index (κ2) is 5.32. The van der Waals surface area contributed by atoms with Gasteiger partial charge in [-0.25, -0.2) is 4.89 Å². The summed E-state index contributed by atoms with van der Waals surface area (Å²) in [6, 6.07) is 14.9. The summed E-state index contributed by atoms with van der Waals surface area (Å²) in [5.41, 5.74) is 9.30. The van der Waals surface area contributed by atoms with Crippen LogP contribution in [0.3, 0.4) is 0 Å². The average Bonchev–Trinajstić information content (AvgIpc) is 2.40. The van der Waals surface area contributed by atoms with Crippen molar-refractivity contribution >= 4 is 5.69 Å². The molecule has 0 radical (unpaired) electrons. The van der Waals surface area contributed by atoms with Crippen LogP contribution in [0.5, 0.6) is 0 Å². The molecule has 0 saturated heterocycles. The molecular weight excluding hydrogens is 228 g/mol. The minimum atomic E-state index is 0.133. The van der Waals surface area contributed by atoms with Crippen molar-refractivity contribution in [1.82, 2.24) is 0 Å². The van der Waals surface area contributed by atoms with E-state index in [4.69, 9.17) is 16.3 Å². The van der Waals surface area contributed by atoms with Crippen LogP contribution >= 0.6 is 0 Å². The van der Waals surface area contributed by atoms with Crippen molar-refractivity contribution in [3.05, 3.63) is 53.6 Å². The van der Waals surface area contributed by atoms with Crippen LogP contribution in [-0.4, -0.2) is 5.26 Å². The van der Waals surface area contributed by atoms with E-state index in [-0.39, 0.29) is 6.61 Å². The smallest absolute Gasteiger partial charge is 0.107 e. The fourth-order valence-corrected chi connectivity index (χ4v) is 1.75. The Hall–Kier alpha value is -2.35. The molecule has 0 spiro atoms. The van der Waals surface area contributed by atoms with Crippen LogP contribution in [0.4, 0.5) is 5.69 Å². The van der Waals surface area contributed by atoms with E-state index in [1.807, 2.05) is 30.3 Å². The van der Waals surface area contributed by atoms with Gasteiger partial charge in [0, 0.05) is 5.69 Å². The first-order chi connectivity index (χ1) is 8.74. The lowest BCUT2D eigenvalue weighted by Crippen LogP contribution is -1.92. The predicted octanol–water partition coefficient (Wildman–Crippen LogP) is 2.80. The van der Waals surface area contributed by atoms with Crippen LogP contribution < -0.4 is 5.73 Å². The SMILES string of the molecule is N#Cc1cc(-c2cccc(COO)c2)ccc1N. The van der Waals surface area contributed by atoms with Crippen molar-refractivity contribution in [3.8, 4) is 17.2 Å². The Morgan fingerprint density at radius 2 is 1.94 bits per heavy atom. The number of nitrogens with zero attached hydrogens (tertiary/aromatic N) is 1. The van der Waals surface area contributed by atoms with E-state index < -0.39 is 0 Å². The topological polar surface area (TPSA) is 79.3 Å². The lowest BCUT2D eigenvalue weighted by molar-refractivity contribution is -0.253. The van der Waals surface area contributed by atoms with Crippen LogP contribution in [0.15, 0.2) is 42.5 Å². The number of anilines is 1. The third-order valence-corrected chi connectivity index (χ3v) is 2.67. The third-order valence-electron chi connectivity index (χ3n) is 2.67. The van der Waals surface area contributed by atoms with E-state index in [1.165, 1.54) is 0 Å². The monoisotopic (exact) mass is 240 g/mol. The first-order valence-electron chi connectivity index (χ1n) is 5.40. The number of benzene rings is 2. The van der Waals surface area contributed by atoms with Gasteiger partial charge in [0.15, 0.2) is 0 Å². The molecule has 0 bridgehead atoms. The highest BCUT2D eigenvalue weighted by Crippen LogP contribution is 2.24. The lowest BCUT2D eigenvalue weighted by Gasteiger charge is -2.06. The molecule has 2 rings (SSSR count). The van der Waals surface area contributed by atoms with Gasteiger partial charge in [-0.2, -0.15) is 5.26 Å². The zero-order valence-corrected chi connectivity index (χ0v) is 9.63. The number of hydrogen-bond acceptors (Lipinski definition) is 4. The summed E-state index contributed by atoms with van der Waals surface area (Å²) in [4.78, 5) is 4.11. The Kier molecular flexibility index (Phi) is 3.58. The van der Waals surface area contributed by atoms with E-state index >= 15 is 0 Å². The molecule has 0 aliphatic rings. The zero-order chi connectivity index (χ0) is 13.0. The van der Waals surface area contributed by atoms with Crippen LogP contribution in [0.1, 0.15) is 11.1 Å². The molecule has 0 aromatic heterocycles. The van der Waals surface area contributed by atoms with Crippen molar-refractivity contribution < 1.29 is 10.1 Å². The molecule has 0 amide bonds. The number of rotatable bonds is 3. The molecule has 90 valence electrons. The van der Waals surface area contributed by atoms with E-state index in [9.17, 15) is 0 Å². The third kappa shape index (κ3) is 2.48. The van der Waals surface area contributed by atoms with Crippen LogP contribution in [0, 0.1) is 11.3 Å². The minimum Gasteiger partial charge on any atom is -0.398 e. The van der Waals surface area contributed by atoms with Crippen LogP contribution in [-0.2, 0) is 11.5 Å². The van der Waals surface area contributed by atoms with E-state index in [2.05, 4.69) is 11.0 Å². The summed E-state index contributed by atoms with van der Waals surface area (Å²) in [5.74, 6) is 0. The molecule has 0 saturated carbocycles. The van der Waals surface area contributed by atoms with Gasteiger partial charge in [0.05, 0.1) is 5.56 Å². The van der Waals surface area contributed by atoms with Gasteiger partial charge >= 0.3 is 0 Å². The molecule has 0 fully saturated rings.